The third-order valence-electron chi connectivity index (χ3n) is 14.2. The SMILES string of the molecule is C1=CCC2(c3nc(-c4ccccc4)nc(-c4cccc(-c5nc6ccccc6n5-c5ccccc5)c4)n3)C(=C1)N(c1ccccc1)c1ccc(-c3ccc4c(c3)c3ccccc3n4-c3ccccc3)cc12. The summed E-state index contributed by atoms with van der Waals surface area (Å²) in [6, 6.07) is 81.4. The summed E-state index contributed by atoms with van der Waals surface area (Å²) >= 11 is 0. The fourth-order valence-corrected chi connectivity index (χ4v) is 11.0. The molecular formula is C64H43N7. The molecule has 12 aromatic rings. The Morgan fingerprint density at radius 2 is 0.986 bits per heavy atom. The van der Waals surface area contributed by atoms with E-state index in [1.165, 1.54) is 21.8 Å². The number of allylic oxidation sites excluding steroid dienone is 4. The first-order valence-corrected chi connectivity index (χ1v) is 24.1. The summed E-state index contributed by atoms with van der Waals surface area (Å²) in [5.41, 5.74) is 15.2. The summed E-state index contributed by atoms with van der Waals surface area (Å²) in [5, 5.41) is 2.43. The van der Waals surface area contributed by atoms with Crippen LogP contribution in [0.25, 0.3) is 89.5 Å². The van der Waals surface area contributed by atoms with E-state index in [9.17, 15) is 0 Å². The Kier molecular flexibility index (Phi) is 9.35. The average Bonchev–Trinajstić information content (AvgIpc) is 4.11. The van der Waals surface area contributed by atoms with Crippen molar-refractivity contribution in [3.05, 3.63) is 266 Å². The second kappa shape index (κ2) is 16.4. The van der Waals surface area contributed by atoms with Crippen molar-refractivity contribution < 1.29 is 0 Å². The van der Waals surface area contributed by atoms with Gasteiger partial charge in [-0.3, -0.25) is 4.57 Å². The molecule has 1 aliphatic heterocycles. The Balaban J connectivity index is 0.975. The molecule has 0 spiro atoms. The van der Waals surface area contributed by atoms with E-state index >= 15 is 0 Å². The summed E-state index contributed by atoms with van der Waals surface area (Å²) in [5.74, 6) is 2.75. The molecule has 3 aromatic heterocycles. The van der Waals surface area contributed by atoms with Gasteiger partial charge in [0, 0.05) is 50.2 Å². The Morgan fingerprint density at radius 3 is 1.76 bits per heavy atom. The molecule has 4 heterocycles. The van der Waals surface area contributed by atoms with Crippen molar-refractivity contribution in [2.75, 3.05) is 4.90 Å². The zero-order chi connectivity index (χ0) is 46.9. The van der Waals surface area contributed by atoms with Gasteiger partial charge in [0.1, 0.15) is 17.1 Å². The predicted octanol–water partition coefficient (Wildman–Crippen LogP) is 15.3. The van der Waals surface area contributed by atoms with E-state index in [4.69, 9.17) is 19.9 Å². The molecule has 0 radical (unpaired) electrons. The van der Waals surface area contributed by atoms with E-state index in [1.807, 2.05) is 30.3 Å². The van der Waals surface area contributed by atoms with Crippen molar-refractivity contribution >= 4 is 44.2 Å². The monoisotopic (exact) mass is 909 g/mol. The largest absolute Gasteiger partial charge is 0.313 e. The first-order chi connectivity index (χ1) is 35.2. The zero-order valence-corrected chi connectivity index (χ0v) is 38.5. The number of benzene rings is 9. The van der Waals surface area contributed by atoms with Crippen molar-refractivity contribution in [2.45, 2.75) is 11.8 Å². The van der Waals surface area contributed by atoms with Gasteiger partial charge < -0.3 is 9.47 Å². The first kappa shape index (κ1) is 40.6. The topological polar surface area (TPSA) is 64.7 Å². The third-order valence-corrected chi connectivity index (χ3v) is 14.2. The van der Waals surface area contributed by atoms with E-state index in [0.717, 1.165) is 78.7 Å². The van der Waals surface area contributed by atoms with Gasteiger partial charge in [-0.2, -0.15) is 0 Å². The van der Waals surface area contributed by atoms with Crippen LogP contribution in [0.5, 0.6) is 0 Å². The maximum Gasteiger partial charge on any atom is 0.163 e. The van der Waals surface area contributed by atoms with E-state index < -0.39 is 5.41 Å². The second-order valence-electron chi connectivity index (χ2n) is 18.3. The molecule has 2 aliphatic rings. The summed E-state index contributed by atoms with van der Waals surface area (Å²) in [6.07, 6.45) is 7.34. The van der Waals surface area contributed by atoms with Crippen molar-refractivity contribution in [3.8, 4) is 56.7 Å². The highest BCUT2D eigenvalue weighted by atomic mass is 15.2. The van der Waals surface area contributed by atoms with Gasteiger partial charge >= 0.3 is 0 Å². The molecule has 0 fully saturated rings. The number of hydrogen-bond acceptors (Lipinski definition) is 5. The molecule has 0 saturated carbocycles. The molecule has 9 aromatic carbocycles. The maximum absolute atomic E-state index is 5.63. The van der Waals surface area contributed by atoms with Crippen molar-refractivity contribution in [3.63, 3.8) is 0 Å². The molecule has 1 atom stereocenters. The van der Waals surface area contributed by atoms with Gasteiger partial charge in [0.2, 0.25) is 0 Å². The minimum absolute atomic E-state index is 0.595. The maximum atomic E-state index is 5.63. The summed E-state index contributed by atoms with van der Waals surface area (Å²) in [6.45, 7) is 0. The van der Waals surface area contributed by atoms with Crippen LogP contribution in [0.2, 0.25) is 0 Å². The summed E-state index contributed by atoms with van der Waals surface area (Å²) in [7, 11) is 0. The van der Waals surface area contributed by atoms with Crippen molar-refractivity contribution in [1.82, 2.24) is 29.1 Å². The lowest BCUT2D eigenvalue weighted by molar-refractivity contribution is 0.576. The van der Waals surface area contributed by atoms with Crippen molar-refractivity contribution in [2.24, 2.45) is 0 Å². The lowest BCUT2D eigenvalue weighted by Gasteiger charge is -2.34. The number of rotatable bonds is 8. The van der Waals surface area contributed by atoms with Crippen LogP contribution in [-0.4, -0.2) is 29.1 Å². The molecule has 7 nitrogen and oxygen atoms in total. The molecule has 0 bridgehead atoms. The van der Waals surface area contributed by atoms with Crippen LogP contribution in [0.4, 0.5) is 11.4 Å². The van der Waals surface area contributed by atoms with Gasteiger partial charge in [-0.25, -0.2) is 19.9 Å². The fraction of sp³-hybridized carbons (Fsp3) is 0.0312. The van der Waals surface area contributed by atoms with Crippen LogP contribution in [0.3, 0.4) is 0 Å². The van der Waals surface area contributed by atoms with Gasteiger partial charge in [0.05, 0.1) is 27.8 Å². The van der Waals surface area contributed by atoms with E-state index in [0.29, 0.717) is 23.9 Å². The van der Waals surface area contributed by atoms with Crippen LogP contribution < -0.4 is 4.90 Å². The highest BCUT2D eigenvalue weighted by Crippen LogP contribution is 2.58. The molecule has 71 heavy (non-hydrogen) atoms. The highest BCUT2D eigenvalue weighted by Gasteiger charge is 2.52. The van der Waals surface area contributed by atoms with Gasteiger partial charge in [-0.1, -0.05) is 158 Å². The second-order valence-corrected chi connectivity index (χ2v) is 18.3. The number of nitrogens with zero attached hydrogens (tertiary/aromatic N) is 7. The molecule has 0 saturated heterocycles. The number of para-hydroxylation sites is 6. The van der Waals surface area contributed by atoms with Gasteiger partial charge in [-0.15, -0.1) is 0 Å². The predicted molar refractivity (Wildman–Crippen MR) is 288 cm³/mol. The molecule has 1 aliphatic carbocycles. The van der Waals surface area contributed by atoms with E-state index in [1.54, 1.807) is 0 Å². The summed E-state index contributed by atoms with van der Waals surface area (Å²) in [4.78, 5) is 24.1. The molecular weight excluding hydrogens is 867 g/mol. The van der Waals surface area contributed by atoms with Crippen LogP contribution in [0.15, 0.2) is 254 Å². The standard InChI is InChI=1S/C64H43N7/c1-5-20-43(21-6-1)60-66-61(46-22-19-23-47(40-46)62-65-54-31-14-16-33-58(54)71(62)50-28-11-4-12-29-50)68-63(67-60)64-39-18-17-34-59(64)70(49-26-9-3-10-27-49)57-38-36-45(42-53(57)64)44-35-37-56-52(41-44)51-30-13-15-32-55(51)69(56)48-24-7-2-8-25-48/h1-38,40-42H,39H2. The van der Waals surface area contributed by atoms with Gasteiger partial charge in [0.25, 0.3) is 0 Å². The minimum Gasteiger partial charge on any atom is -0.313 e. The van der Waals surface area contributed by atoms with E-state index in [2.05, 4.69) is 232 Å². The Bertz CT molecular complexity index is 4080. The molecule has 0 amide bonds. The molecule has 0 N–H and O–H groups in total. The Morgan fingerprint density at radius 1 is 0.394 bits per heavy atom. The minimum atomic E-state index is -0.774. The van der Waals surface area contributed by atoms with Crippen LogP contribution in [0, 0.1) is 0 Å². The highest BCUT2D eigenvalue weighted by molar-refractivity contribution is 6.10. The number of aromatic nitrogens is 6. The Labute approximate surface area is 410 Å². The third kappa shape index (κ3) is 6.51. The first-order valence-electron chi connectivity index (χ1n) is 24.1. The number of imidazole rings is 1. The normalized spacial score (nSPS) is 15.0. The van der Waals surface area contributed by atoms with Crippen LogP contribution in [0.1, 0.15) is 17.8 Å². The van der Waals surface area contributed by atoms with Gasteiger partial charge in [0.15, 0.2) is 11.6 Å². The van der Waals surface area contributed by atoms with Gasteiger partial charge in [-0.05, 0) is 114 Å². The lowest BCUT2D eigenvalue weighted by Crippen LogP contribution is -2.34. The lowest BCUT2D eigenvalue weighted by atomic mass is 9.73. The smallest absolute Gasteiger partial charge is 0.163 e. The summed E-state index contributed by atoms with van der Waals surface area (Å²) < 4.78 is 4.60. The quantitative estimate of drug-likeness (QED) is 0.152. The average molecular weight is 910 g/mol. The fourth-order valence-electron chi connectivity index (χ4n) is 11.0. The van der Waals surface area contributed by atoms with Crippen LogP contribution in [-0.2, 0) is 5.41 Å². The molecule has 1 unspecified atom stereocenters. The number of fused-ring (bicyclic) bond motifs is 7. The van der Waals surface area contributed by atoms with Crippen LogP contribution >= 0.6 is 0 Å². The molecule has 14 rings (SSSR count). The number of hydrogen-bond donors (Lipinski definition) is 0. The van der Waals surface area contributed by atoms with Crippen molar-refractivity contribution in [1.29, 1.82) is 0 Å². The number of anilines is 2. The zero-order valence-electron chi connectivity index (χ0n) is 38.5. The molecule has 334 valence electrons. The van der Waals surface area contributed by atoms with E-state index in [-0.39, 0.29) is 0 Å². The Hall–Kier alpha value is -9.46. The molecule has 7 heteroatoms.